The normalized spacial score (nSPS) is 11.5. The van der Waals surface area contributed by atoms with Crippen LogP contribution in [0.3, 0.4) is 0 Å². The molecule has 0 aliphatic rings. The minimum atomic E-state index is -3.68. The maximum Gasteiger partial charge on any atom is 0.265 e. The second kappa shape index (κ2) is 8.41. The highest BCUT2D eigenvalue weighted by molar-refractivity contribution is 7.92. The minimum absolute atomic E-state index is 0.172. The summed E-state index contributed by atoms with van der Waals surface area (Å²) in [7, 11) is -1.76. The number of sulfonamides is 1. The molecule has 2 aromatic heterocycles. The lowest BCUT2D eigenvalue weighted by molar-refractivity contribution is 0.591. The van der Waals surface area contributed by atoms with Crippen molar-refractivity contribution in [2.75, 3.05) is 22.8 Å². The number of fused-ring (bicyclic) bond motifs is 1. The first-order valence-corrected chi connectivity index (χ1v) is 11.8. The van der Waals surface area contributed by atoms with Gasteiger partial charge in [0.25, 0.3) is 10.0 Å². The van der Waals surface area contributed by atoms with Gasteiger partial charge in [0, 0.05) is 19.8 Å². The first kappa shape index (κ1) is 20.3. The Morgan fingerprint density at radius 1 is 0.967 bits per heavy atom. The van der Waals surface area contributed by atoms with Crippen LogP contribution in [0, 0.1) is 0 Å². The van der Waals surface area contributed by atoms with Crippen molar-refractivity contribution in [3.8, 4) is 0 Å². The molecule has 0 aliphatic carbocycles. The van der Waals surface area contributed by atoms with Gasteiger partial charge in [-0.15, -0.1) is 11.3 Å². The summed E-state index contributed by atoms with van der Waals surface area (Å²) in [4.78, 5) is 11.2. The van der Waals surface area contributed by atoms with Gasteiger partial charge in [0.2, 0.25) is 0 Å². The second-order valence-electron chi connectivity index (χ2n) is 6.79. The summed E-state index contributed by atoms with van der Waals surface area (Å²) in [5.41, 5.74) is 1.62. The summed E-state index contributed by atoms with van der Waals surface area (Å²) in [6, 6.07) is 20.5. The van der Waals surface area contributed by atoms with Crippen molar-refractivity contribution in [2.45, 2.75) is 18.4 Å². The molecule has 0 bridgehead atoms. The minimum Gasteiger partial charge on any atom is -0.353 e. The molecule has 0 atom stereocenters. The maximum absolute atomic E-state index is 13.1. The Kier molecular flexibility index (Phi) is 5.69. The molecule has 0 N–H and O–H groups in total. The van der Waals surface area contributed by atoms with Crippen LogP contribution in [0.15, 0.2) is 77.8 Å². The van der Waals surface area contributed by atoms with Crippen LogP contribution < -0.4 is 9.21 Å². The van der Waals surface area contributed by atoms with Crippen LogP contribution in [0.2, 0.25) is 0 Å². The van der Waals surface area contributed by atoms with Gasteiger partial charge in [-0.2, -0.15) is 0 Å². The molecular weight excluding hydrogens is 416 g/mol. The molecule has 2 heterocycles. The third-order valence-electron chi connectivity index (χ3n) is 4.74. The van der Waals surface area contributed by atoms with Crippen molar-refractivity contribution in [3.63, 3.8) is 0 Å². The largest absolute Gasteiger partial charge is 0.353 e. The van der Waals surface area contributed by atoms with Gasteiger partial charge in [0.15, 0.2) is 0 Å². The predicted octanol–water partition coefficient (Wildman–Crippen LogP) is 4.54. The van der Waals surface area contributed by atoms with E-state index in [-0.39, 0.29) is 4.90 Å². The van der Waals surface area contributed by atoms with Crippen molar-refractivity contribution in [1.29, 1.82) is 0 Å². The summed E-state index contributed by atoms with van der Waals surface area (Å²) >= 11 is 1.65. The molecule has 154 valence electrons. The number of anilines is 2. The smallest absolute Gasteiger partial charge is 0.265 e. The molecular formula is C22H22N4O2S2. The molecule has 4 rings (SSSR count). The first-order valence-electron chi connectivity index (χ1n) is 9.58. The van der Waals surface area contributed by atoms with Crippen LogP contribution in [-0.2, 0) is 16.6 Å². The molecule has 0 saturated heterocycles. The number of pyridine rings is 1. The van der Waals surface area contributed by atoms with E-state index in [0.717, 1.165) is 15.2 Å². The SMILES string of the molecule is CCN(c1ccccc1)S(=O)(=O)c1ccc(N(C)Cc2nc3ccccc3s2)nc1. The van der Waals surface area contributed by atoms with Crippen molar-refractivity contribution in [2.24, 2.45) is 0 Å². The van der Waals surface area contributed by atoms with Crippen LogP contribution >= 0.6 is 11.3 Å². The number of nitrogens with zero attached hydrogens (tertiary/aromatic N) is 4. The van der Waals surface area contributed by atoms with Gasteiger partial charge in [-0.25, -0.2) is 18.4 Å². The number of hydrogen-bond donors (Lipinski definition) is 0. The van der Waals surface area contributed by atoms with Crippen molar-refractivity contribution < 1.29 is 8.42 Å². The molecule has 0 fully saturated rings. The molecule has 30 heavy (non-hydrogen) atoms. The first-order chi connectivity index (χ1) is 14.5. The molecule has 2 aromatic carbocycles. The summed E-state index contributed by atoms with van der Waals surface area (Å²) in [6.07, 6.45) is 1.42. The van der Waals surface area contributed by atoms with Gasteiger partial charge in [0.05, 0.1) is 22.4 Å². The van der Waals surface area contributed by atoms with Gasteiger partial charge in [-0.3, -0.25) is 4.31 Å². The molecule has 6 nitrogen and oxygen atoms in total. The zero-order valence-electron chi connectivity index (χ0n) is 16.8. The summed E-state index contributed by atoms with van der Waals surface area (Å²) in [5.74, 6) is 0.691. The van der Waals surface area contributed by atoms with E-state index in [2.05, 4.69) is 16.0 Å². The average molecular weight is 439 g/mol. The van der Waals surface area contributed by atoms with E-state index >= 15 is 0 Å². The fourth-order valence-electron chi connectivity index (χ4n) is 3.24. The lowest BCUT2D eigenvalue weighted by Gasteiger charge is -2.23. The van der Waals surface area contributed by atoms with E-state index in [1.54, 1.807) is 35.6 Å². The topological polar surface area (TPSA) is 66.4 Å². The third kappa shape index (κ3) is 4.01. The standard InChI is InChI=1S/C22H22N4O2S2/c1-3-26(17-9-5-4-6-10-17)30(27,28)18-13-14-21(23-15-18)25(2)16-22-24-19-11-7-8-12-20(19)29-22/h4-15H,3,16H2,1-2H3. The number of para-hydroxylation sites is 2. The van der Waals surface area contributed by atoms with Gasteiger partial charge in [-0.05, 0) is 43.3 Å². The molecule has 0 saturated carbocycles. The Balaban J connectivity index is 1.54. The van der Waals surface area contributed by atoms with E-state index in [1.165, 1.54) is 10.5 Å². The fourth-order valence-corrected chi connectivity index (χ4v) is 5.68. The van der Waals surface area contributed by atoms with E-state index < -0.39 is 10.0 Å². The van der Waals surface area contributed by atoms with Crippen molar-refractivity contribution >= 4 is 43.1 Å². The number of thiazole rings is 1. The predicted molar refractivity (Wildman–Crippen MR) is 123 cm³/mol. The average Bonchev–Trinajstić information content (AvgIpc) is 3.17. The van der Waals surface area contributed by atoms with Crippen LogP contribution in [-0.4, -0.2) is 32.0 Å². The number of hydrogen-bond acceptors (Lipinski definition) is 6. The lowest BCUT2D eigenvalue weighted by atomic mass is 10.3. The van der Waals surface area contributed by atoms with Gasteiger partial charge in [-0.1, -0.05) is 30.3 Å². The Hall–Kier alpha value is -2.97. The second-order valence-corrected chi connectivity index (χ2v) is 9.77. The third-order valence-corrected chi connectivity index (χ3v) is 7.65. The zero-order valence-corrected chi connectivity index (χ0v) is 18.4. The van der Waals surface area contributed by atoms with Gasteiger partial charge in [0.1, 0.15) is 15.7 Å². The quantitative estimate of drug-likeness (QED) is 0.424. The van der Waals surface area contributed by atoms with Crippen LogP contribution in [0.5, 0.6) is 0 Å². The maximum atomic E-state index is 13.1. The van der Waals surface area contributed by atoms with E-state index in [9.17, 15) is 8.42 Å². The zero-order chi connectivity index (χ0) is 21.1. The van der Waals surface area contributed by atoms with E-state index in [4.69, 9.17) is 0 Å². The highest BCUT2D eigenvalue weighted by Gasteiger charge is 2.24. The number of benzene rings is 2. The van der Waals surface area contributed by atoms with Crippen LogP contribution in [0.25, 0.3) is 10.2 Å². The Bertz CT molecular complexity index is 1210. The molecule has 0 aliphatic heterocycles. The Morgan fingerprint density at radius 2 is 1.70 bits per heavy atom. The number of rotatable bonds is 7. The molecule has 8 heteroatoms. The fraction of sp³-hybridized carbons (Fsp3) is 0.182. The lowest BCUT2D eigenvalue weighted by Crippen LogP contribution is -2.30. The molecule has 0 amide bonds. The van der Waals surface area contributed by atoms with E-state index in [0.29, 0.717) is 24.6 Å². The molecule has 0 spiro atoms. The van der Waals surface area contributed by atoms with Crippen LogP contribution in [0.1, 0.15) is 11.9 Å². The molecule has 0 radical (unpaired) electrons. The van der Waals surface area contributed by atoms with Gasteiger partial charge < -0.3 is 4.90 Å². The van der Waals surface area contributed by atoms with Crippen molar-refractivity contribution in [1.82, 2.24) is 9.97 Å². The summed E-state index contributed by atoms with van der Waals surface area (Å²) in [6.45, 7) is 2.76. The van der Waals surface area contributed by atoms with Gasteiger partial charge >= 0.3 is 0 Å². The highest BCUT2D eigenvalue weighted by Crippen LogP contribution is 2.26. The number of aromatic nitrogens is 2. The van der Waals surface area contributed by atoms with Crippen molar-refractivity contribution in [3.05, 3.63) is 77.9 Å². The van der Waals surface area contributed by atoms with E-state index in [1.807, 2.05) is 55.3 Å². The Labute approximate surface area is 180 Å². The van der Waals surface area contributed by atoms with Crippen LogP contribution in [0.4, 0.5) is 11.5 Å². The molecule has 4 aromatic rings. The molecule has 0 unspecified atom stereocenters. The highest BCUT2D eigenvalue weighted by atomic mass is 32.2. The Morgan fingerprint density at radius 3 is 2.37 bits per heavy atom. The monoisotopic (exact) mass is 438 g/mol. The summed E-state index contributed by atoms with van der Waals surface area (Å²) in [5, 5.41) is 0.985. The summed E-state index contributed by atoms with van der Waals surface area (Å²) < 4.78 is 28.7.